The van der Waals surface area contributed by atoms with Gasteiger partial charge in [-0.05, 0) is 25.7 Å². The second-order valence-corrected chi connectivity index (χ2v) is 5.54. The molecule has 0 aromatic heterocycles. The zero-order valence-electron chi connectivity index (χ0n) is 12.1. The molecule has 0 unspecified atom stereocenters. The summed E-state index contributed by atoms with van der Waals surface area (Å²) in [6.45, 7) is 0.638. The van der Waals surface area contributed by atoms with E-state index in [1.54, 1.807) is 0 Å². The van der Waals surface area contributed by atoms with Crippen molar-refractivity contribution in [2.75, 3.05) is 6.61 Å². The molecule has 0 aromatic rings. The summed E-state index contributed by atoms with van der Waals surface area (Å²) in [5, 5.41) is 0. The molecule has 2 fully saturated rings. The van der Waals surface area contributed by atoms with E-state index < -0.39 is 0 Å². The van der Waals surface area contributed by atoms with Crippen LogP contribution < -0.4 is 0 Å². The smallest absolute Gasteiger partial charge is 0.305 e. The van der Waals surface area contributed by atoms with Crippen molar-refractivity contribution in [3.8, 4) is 0 Å². The number of cyclic esters (lactones) is 1. The lowest BCUT2D eigenvalue weighted by atomic mass is 10.0. The first-order valence-corrected chi connectivity index (χ1v) is 7.96. The SMILES string of the molecule is O=C1CCCCCCC1.O=C1CCCCCCCO1. The number of carbonyl (C=O) groups excluding carboxylic acids is 2. The maximum absolute atomic E-state index is 10.8. The number of esters is 1. The lowest BCUT2D eigenvalue weighted by molar-refractivity contribution is -0.143. The summed E-state index contributed by atoms with van der Waals surface area (Å²) in [4.78, 5) is 21.6. The average Bonchev–Trinajstić information content (AvgIpc) is 2.49. The summed E-state index contributed by atoms with van der Waals surface area (Å²) in [5.74, 6) is 0.469. The Morgan fingerprint density at radius 2 is 1.05 bits per heavy atom. The van der Waals surface area contributed by atoms with Gasteiger partial charge >= 0.3 is 5.97 Å². The predicted molar refractivity (Wildman–Crippen MR) is 76.0 cm³/mol. The van der Waals surface area contributed by atoms with Gasteiger partial charge in [-0.1, -0.05) is 38.5 Å². The molecule has 0 N–H and O–H groups in total. The molecule has 1 aliphatic heterocycles. The first kappa shape index (κ1) is 16.2. The number of hydrogen-bond donors (Lipinski definition) is 0. The minimum atomic E-state index is -0.0121. The zero-order chi connectivity index (χ0) is 13.8. The van der Waals surface area contributed by atoms with Crippen molar-refractivity contribution in [2.24, 2.45) is 0 Å². The topological polar surface area (TPSA) is 43.4 Å². The Morgan fingerprint density at radius 3 is 1.68 bits per heavy atom. The lowest BCUT2D eigenvalue weighted by Crippen LogP contribution is -2.03. The quantitative estimate of drug-likeness (QED) is 0.619. The van der Waals surface area contributed by atoms with E-state index >= 15 is 0 Å². The van der Waals surface area contributed by atoms with Crippen LogP contribution in [0.25, 0.3) is 0 Å². The molecule has 1 heterocycles. The Labute approximate surface area is 117 Å². The molecule has 3 heteroatoms. The number of ketones is 1. The monoisotopic (exact) mass is 268 g/mol. The third kappa shape index (κ3) is 9.69. The maximum Gasteiger partial charge on any atom is 0.305 e. The van der Waals surface area contributed by atoms with Crippen molar-refractivity contribution in [3.05, 3.63) is 0 Å². The normalized spacial score (nSPS) is 22.5. The molecule has 0 atom stereocenters. The van der Waals surface area contributed by atoms with Gasteiger partial charge in [0.2, 0.25) is 0 Å². The molecule has 3 nitrogen and oxygen atoms in total. The molecule has 2 rings (SSSR count). The molecule has 0 bridgehead atoms. The molecule has 0 radical (unpaired) electrons. The first-order valence-electron chi connectivity index (χ1n) is 7.96. The fourth-order valence-electron chi connectivity index (χ4n) is 2.46. The Hall–Kier alpha value is -0.860. The van der Waals surface area contributed by atoms with Gasteiger partial charge in [0, 0.05) is 19.3 Å². The van der Waals surface area contributed by atoms with Crippen molar-refractivity contribution in [2.45, 2.75) is 83.5 Å². The number of rotatable bonds is 0. The van der Waals surface area contributed by atoms with Gasteiger partial charge in [0.1, 0.15) is 5.78 Å². The Morgan fingerprint density at radius 1 is 0.579 bits per heavy atom. The van der Waals surface area contributed by atoms with Crippen LogP contribution >= 0.6 is 0 Å². The van der Waals surface area contributed by atoms with E-state index in [-0.39, 0.29) is 5.97 Å². The molecule has 19 heavy (non-hydrogen) atoms. The van der Waals surface area contributed by atoms with Crippen molar-refractivity contribution >= 4 is 11.8 Å². The van der Waals surface area contributed by atoms with E-state index in [0.717, 1.165) is 38.5 Å². The van der Waals surface area contributed by atoms with Gasteiger partial charge in [-0.2, -0.15) is 0 Å². The Kier molecular flexibility index (Phi) is 9.38. The number of carbonyl (C=O) groups is 2. The summed E-state index contributed by atoms with van der Waals surface area (Å²) in [7, 11) is 0. The molecule has 0 spiro atoms. The zero-order valence-corrected chi connectivity index (χ0v) is 12.1. The van der Waals surface area contributed by atoms with Gasteiger partial charge in [-0.15, -0.1) is 0 Å². The molecule has 1 saturated heterocycles. The van der Waals surface area contributed by atoms with Gasteiger partial charge < -0.3 is 4.74 Å². The fraction of sp³-hybridized carbons (Fsp3) is 0.875. The van der Waals surface area contributed by atoms with Gasteiger partial charge in [0.15, 0.2) is 0 Å². The van der Waals surface area contributed by atoms with E-state index in [2.05, 4.69) is 0 Å². The van der Waals surface area contributed by atoms with Crippen LogP contribution in [-0.2, 0) is 14.3 Å². The molecule has 110 valence electrons. The largest absolute Gasteiger partial charge is 0.466 e. The van der Waals surface area contributed by atoms with Crippen molar-refractivity contribution in [3.63, 3.8) is 0 Å². The highest BCUT2D eigenvalue weighted by molar-refractivity contribution is 5.78. The molecule has 1 aliphatic carbocycles. The van der Waals surface area contributed by atoms with Gasteiger partial charge in [0.25, 0.3) is 0 Å². The lowest BCUT2D eigenvalue weighted by Gasteiger charge is -2.05. The molecular formula is C16H28O3. The highest BCUT2D eigenvalue weighted by atomic mass is 16.5. The van der Waals surface area contributed by atoms with Crippen LogP contribution in [-0.4, -0.2) is 18.4 Å². The summed E-state index contributed by atoms with van der Waals surface area (Å²) < 4.78 is 4.92. The summed E-state index contributed by atoms with van der Waals surface area (Å²) in [6, 6.07) is 0. The van der Waals surface area contributed by atoms with Gasteiger partial charge in [-0.3, -0.25) is 9.59 Å². The van der Waals surface area contributed by atoms with E-state index in [9.17, 15) is 9.59 Å². The summed E-state index contributed by atoms with van der Waals surface area (Å²) >= 11 is 0. The van der Waals surface area contributed by atoms with Crippen LogP contribution in [0.3, 0.4) is 0 Å². The second kappa shape index (κ2) is 11.0. The summed E-state index contributed by atoms with van der Waals surface area (Å²) in [5.41, 5.74) is 0. The van der Waals surface area contributed by atoms with Crippen LogP contribution in [0.4, 0.5) is 0 Å². The molecule has 1 saturated carbocycles. The van der Waals surface area contributed by atoms with E-state index in [1.807, 2.05) is 0 Å². The third-order valence-corrected chi connectivity index (χ3v) is 3.70. The number of ether oxygens (including phenoxy) is 1. The minimum Gasteiger partial charge on any atom is -0.466 e. The Bertz CT molecular complexity index is 239. The first-order chi connectivity index (χ1) is 9.29. The van der Waals surface area contributed by atoms with Crippen molar-refractivity contribution in [1.82, 2.24) is 0 Å². The maximum atomic E-state index is 10.8. The molecular weight excluding hydrogens is 240 g/mol. The molecule has 2 aliphatic rings. The van der Waals surface area contributed by atoms with Crippen LogP contribution in [0, 0.1) is 0 Å². The van der Waals surface area contributed by atoms with Crippen molar-refractivity contribution < 1.29 is 14.3 Å². The predicted octanol–water partition coefficient (Wildman–Crippen LogP) is 4.18. The standard InChI is InChI=1S/C8H14O2.C8H14O/c9-8-6-4-2-1-3-5-7-10-8;9-8-6-4-2-1-3-5-7-8/h1-7H2;1-7H2. The number of Topliss-reactive ketones (excluding diaryl/α,β-unsaturated/α-hetero) is 1. The highest BCUT2D eigenvalue weighted by Crippen LogP contribution is 2.13. The van der Waals surface area contributed by atoms with Gasteiger partial charge in [-0.25, -0.2) is 0 Å². The minimum absolute atomic E-state index is 0.0121. The van der Waals surface area contributed by atoms with Gasteiger partial charge in [0.05, 0.1) is 6.61 Å². The third-order valence-electron chi connectivity index (χ3n) is 3.70. The van der Waals surface area contributed by atoms with Crippen molar-refractivity contribution in [1.29, 1.82) is 0 Å². The number of hydrogen-bond acceptors (Lipinski definition) is 3. The van der Waals surface area contributed by atoms with Crippen LogP contribution in [0.15, 0.2) is 0 Å². The fourth-order valence-corrected chi connectivity index (χ4v) is 2.46. The molecule has 0 aromatic carbocycles. The average molecular weight is 268 g/mol. The van der Waals surface area contributed by atoms with Crippen LogP contribution in [0.1, 0.15) is 83.5 Å². The van der Waals surface area contributed by atoms with E-state index in [1.165, 1.54) is 38.5 Å². The van der Waals surface area contributed by atoms with Crippen LogP contribution in [0.2, 0.25) is 0 Å². The van der Waals surface area contributed by atoms with Crippen LogP contribution in [0.5, 0.6) is 0 Å². The molecule has 0 amide bonds. The van der Waals surface area contributed by atoms with E-state index in [4.69, 9.17) is 4.74 Å². The van der Waals surface area contributed by atoms with E-state index in [0.29, 0.717) is 18.8 Å². The Balaban J connectivity index is 0.000000191. The highest BCUT2D eigenvalue weighted by Gasteiger charge is 2.05. The summed E-state index contributed by atoms with van der Waals surface area (Å²) in [6.07, 6.45) is 14.2. The second-order valence-electron chi connectivity index (χ2n) is 5.54.